The van der Waals surface area contributed by atoms with E-state index in [2.05, 4.69) is 20.6 Å². The van der Waals surface area contributed by atoms with Gasteiger partial charge in [-0.25, -0.2) is 0 Å². The van der Waals surface area contributed by atoms with Crippen LogP contribution in [-0.2, 0) is 11.3 Å². The van der Waals surface area contributed by atoms with E-state index in [0.29, 0.717) is 13.1 Å². The van der Waals surface area contributed by atoms with Crippen LogP contribution in [0.15, 0.2) is 18.3 Å². The molecule has 6 nitrogen and oxygen atoms in total. The van der Waals surface area contributed by atoms with Crippen LogP contribution in [0.4, 0.5) is 5.69 Å². The Kier molecular flexibility index (Phi) is 3.55. The van der Waals surface area contributed by atoms with Crippen LogP contribution in [0.2, 0.25) is 0 Å². The summed E-state index contributed by atoms with van der Waals surface area (Å²) in [7, 11) is 0. The summed E-state index contributed by atoms with van der Waals surface area (Å²) in [5, 5.41) is 2.84. The van der Waals surface area contributed by atoms with Crippen molar-refractivity contribution in [2.24, 2.45) is 5.84 Å². The van der Waals surface area contributed by atoms with Crippen molar-refractivity contribution < 1.29 is 4.79 Å². The summed E-state index contributed by atoms with van der Waals surface area (Å²) in [4.78, 5) is 17.9. The number of hydrazine groups is 1. The van der Waals surface area contributed by atoms with Gasteiger partial charge >= 0.3 is 0 Å². The quantitative estimate of drug-likeness (QED) is 0.494. The maximum atomic E-state index is 11.5. The Bertz CT molecular complexity index is 409. The summed E-state index contributed by atoms with van der Waals surface area (Å²) < 4.78 is 0. The molecule has 1 amide bonds. The number of pyridine rings is 1. The van der Waals surface area contributed by atoms with E-state index in [1.54, 1.807) is 12.3 Å². The molecule has 1 aliphatic rings. The predicted octanol–water partition coefficient (Wildman–Crippen LogP) is -0.312. The zero-order chi connectivity index (χ0) is 12.3. The number of amides is 1. The van der Waals surface area contributed by atoms with Crippen molar-refractivity contribution in [1.82, 2.24) is 15.2 Å². The third kappa shape index (κ3) is 2.72. The molecule has 6 heteroatoms. The van der Waals surface area contributed by atoms with Crippen LogP contribution in [0.3, 0.4) is 0 Å². The number of nitrogens with one attached hydrogen (secondary N) is 2. The van der Waals surface area contributed by atoms with E-state index in [0.717, 1.165) is 17.9 Å². The third-order valence-corrected chi connectivity index (χ3v) is 2.97. The summed E-state index contributed by atoms with van der Waals surface area (Å²) in [5.74, 6) is 5.42. The Morgan fingerprint density at radius 3 is 3.29 bits per heavy atom. The van der Waals surface area contributed by atoms with Gasteiger partial charge in [-0.15, -0.1) is 0 Å². The van der Waals surface area contributed by atoms with Gasteiger partial charge in [0.05, 0.1) is 17.4 Å². The second kappa shape index (κ2) is 5.11. The van der Waals surface area contributed by atoms with Gasteiger partial charge in [0.1, 0.15) is 0 Å². The van der Waals surface area contributed by atoms with E-state index < -0.39 is 0 Å². The normalized spacial score (nSPS) is 21.1. The third-order valence-electron chi connectivity index (χ3n) is 2.97. The van der Waals surface area contributed by atoms with Crippen molar-refractivity contribution in [3.05, 3.63) is 24.0 Å². The molecule has 0 bridgehead atoms. The largest absolute Gasteiger partial charge is 0.353 e. The minimum atomic E-state index is -0.111. The first-order valence-electron chi connectivity index (χ1n) is 5.64. The zero-order valence-electron chi connectivity index (χ0n) is 9.81. The number of hydrogen-bond acceptors (Lipinski definition) is 5. The first-order valence-corrected chi connectivity index (χ1v) is 5.64. The van der Waals surface area contributed by atoms with Gasteiger partial charge in [0, 0.05) is 25.8 Å². The molecular formula is C11H17N5O. The Morgan fingerprint density at radius 1 is 1.71 bits per heavy atom. The second-order valence-corrected chi connectivity index (χ2v) is 4.12. The highest BCUT2D eigenvalue weighted by atomic mass is 16.2. The number of nitrogens with two attached hydrogens (primary N) is 1. The van der Waals surface area contributed by atoms with E-state index in [-0.39, 0.29) is 11.9 Å². The Morgan fingerprint density at radius 2 is 2.53 bits per heavy atom. The van der Waals surface area contributed by atoms with E-state index in [1.807, 2.05) is 13.0 Å². The lowest BCUT2D eigenvalue weighted by Crippen LogP contribution is -2.53. The minimum Gasteiger partial charge on any atom is -0.353 e. The average Bonchev–Trinajstić information content (AvgIpc) is 2.35. The number of nitrogens with zero attached hydrogens (tertiary/aromatic N) is 2. The molecule has 0 aliphatic carbocycles. The van der Waals surface area contributed by atoms with Gasteiger partial charge in [-0.2, -0.15) is 0 Å². The molecular weight excluding hydrogens is 218 g/mol. The van der Waals surface area contributed by atoms with E-state index in [1.165, 1.54) is 0 Å². The number of rotatable bonds is 3. The number of nitrogen functional groups attached to an aromatic ring is 1. The average molecular weight is 235 g/mol. The number of piperazine rings is 1. The van der Waals surface area contributed by atoms with Crippen molar-refractivity contribution in [3.8, 4) is 0 Å². The fourth-order valence-corrected chi connectivity index (χ4v) is 1.91. The fourth-order valence-electron chi connectivity index (χ4n) is 1.91. The van der Waals surface area contributed by atoms with Gasteiger partial charge in [0.25, 0.3) is 0 Å². The first-order chi connectivity index (χ1) is 8.20. The molecule has 92 valence electrons. The second-order valence-electron chi connectivity index (χ2n) is 4.12. The molecule has 1 fully saturated rings. The highest BCUT2D eigenvalue weighted by molar-refractivity contribution is 5.81. The highest BCUT2D eigenvalue weighted by Gasteiger charge is 2.25. The van der Waals surface area contributed by atoms with Crippen LogP contribution in [0, 0.1) is 0 Å². The van der Waals surface area contributed by atoms with Gasteiger partial charge in [0.15, 0.2) is 0 Å². The SMILES string of the molecule is CC1C(=O)NCCN1Cc1cc(NN)ccn1. The molecule has 17 heavy (non-hydrogen) atoms. The molecule has 1 saturated heterocycles. The zero-order valence-corrected chi connectivity index (χ0v) is 9.81. The van der Waals surface area contributed by atoms with Gasteiger partial charge in [0.2, 0.25) is 5.91 Å². The molecule has 0 radical (unpaired) electrons. The Labute approximate surface area is 100 Å². The van der Waals surface area contributed by atoms with Crippen LogP contribution >= 0.6 is 0 Å². The van der Waals surface area contributed by atoms with Crippen LogP contribution in [-0.4, -0.2) is 34.9 Å². The van der Waals surface area contributed by atoms with Crippen LogP contribution in [0.5, 0.6) is 0 Å². The first kappa shape index (κ1) is 11.8. The molecule has 4 N–H and O–H groups in total. The highest BCUT2D eigenvalue weighted by Crippen LogP contribution is 2.12. The maximum absolute atomic E-state index is 11.5. The Balaban J connectivity index is 2.06. The van der Waals surface area contributed by atoms with Gasteiger partial charge < -0.3 is 10.7 Å². The molecule has 1 atom stereocenters. The molecule has 2 rings (SSSR count). The van der Waals surface area contributed by atoms with Crippen molar-refractivity contribution in [2.75, 3.05) is 18.5 Å². The molecule has 1 aliphatic heterocycles. The van der Waals surface area contributed by atoms with Gasteiger partial charge in [-0.3, -0.25) is 20.5 Å². The number of aromatic nitrogens is 1. The smallest absolute Gasteiger partial charge is 0.237 e. The van der Waals surface area contributed by atoms with Crippen molar-refractivity contribution in [2.45, 2.75) is 19.5 Å². The van der Waals surface area contributed by atoms with Crippen molar-refractivity contribution >= 4 is 11.6 Å². The molecule has 0 spiro atoms. The summed E-state index contributed by atoms with van der Waals surface area (Å²) in [6.45, 7) is 4.09. The van der Waals surface area contributed by atoms with E-state index in [9.17, 15) is 4.79 Å². The molecule has 1 aromatic heterocycles. The minimum absolute atomic E-state index is 0.0735. The molecule has 1 aromatic rings. The fraction of sp³-hybridized carbons (Fsp3) is 0.455. The summed E-state index contributed by atoms with van der Waals surface area (Å²) in [5.41, 5.74) is 4.31. The lowest BCUT2D eigenvalue weighted by Gasteiger charge is -2.32. The molecule has 0 aromatic carbocycles. The summed E-state index contributed by atoms with van der Waals surface area (Å²) in [6, 6.07) is 3.58. The van der Waals surface area contributed by atoms with Crippen LogP contribution in [0.1, 0.15) is 12.6 Å². The molecule has 2 heterocycles. The number of carbonyl (C=O) groups is 1. The van der Waals surface area contributed by atoms with Gasteiger partial charge in [-0.05, 0) is 19.1 Å². The molecule has 0 saturated carbocycles. The lowest BCUT2D eigenvalue weighted by molar-refractivity contribution is -0.128. The summed E-state index contributed by atoms with van der Waals surface area (Å²) >= 11 is 0. The predicted molar refractivity (Wildman–Crippen MR) is 64.9 cm³/mol. The Hall–Kier alpha value is -1.66. The molecule has 1 unspecified atom stereocenters. The maximum Gasteiger partial charge on any atom is 0.237 e. The monoisotopic (exact) mass is 235 g/mol. The van der Waals surface area contributed by atoms with Crippen molar-refractivity contribution in [1.29, 1.82) is 0 Å². The van der Waals surface area contributed by atoms with Crippen LogP contribution in [0.25, 0.3) is 0 Å². The van der Waals surface area contributed by atoms with E-state index in [4.69, 9.17) is 5.84 Å². The van der Waals surface area contributed by atoms with Crippen molar-refractivity contribution in [3.63, 3.8) is 0 Å². The standard InChI is InChI=1S/C11H17N5O/c1-8-11(17)14-4-5-16(8)7-10-6-9(15-12)2-3-13-10/h2-3,6,8H,4-5,7,12H2,1H3,(H,13,15)(H,14,17). The number of hydrogen-bond donors (Lipinski definition) is 3. The number of anilines is 1. The number of carbonyl (C=O) groups excluding carboxylic acids is 1. The van der Waals surface area contributed by atoms with Gasteiger partial charge in [-0.1, -0.05) is 0 Å². The van der Waals surface area contributed by atoms with Crippen LogP contribution < -0.4 is 16.6 Å². The van der Waals surface area contributed by atoms with E-state index >= 15 is 0 Å². The topological polar surface area (TPSA) is 83.3 Å². The lowest BCUT2D eigenvalue weighted by atomic mass is 10.2. The summed E-state index contributed by atoms with van der Waals surface area (Å²) in [6.07, 6.45) is 1.71.